The molecule has 0 saturated carbocycles. The normalized spacial score (nSPS) is 12.9. The predicted octanol–water partition coefficient (Wildman–Crippen LogP) is 2.16. The zero-order chi connectivity index (χ0) is 10.7. The molecule has 2 nitrogen and oxygen atoms in total. The van der Waals surface area contributed by atoms with Gasteiger partial charge >= 0.3 is 0 Å². The average Bonchev–Trinajstić information content (AvgIpc) is 2.10. The maximum Gasteiger partial charge on any atom is 0.116 e. The second-order valence-electron chi connectivity index (χ2n) is 3.95. The standard InChI is InChI=1S/C12H19NO/c1-8-5-11(14)6-9(2)12(8)7-10(3)13-4/h5-6,10,13-14H,7H2,1-4H3/t10-/m1/s1. The van der Waals surface area contributed by atoms with Crippen molar-refractivity contribution in [1.82, 2.24) is 5.32 Å². The highest BCUT2D eigenvalue weighted by atomic mass is 16.3. The molecule has 0 aliphatic carbocycles. The largest absolute Gasteiger partial charge is 0.508 e. The molecule has 0 heterocycles. The van der Waals surface area contributed by atoms with Crippen LogP contribution >= 0.6 is 0 Å². The van der Waals surface area contributed by atoms with Gasteiger partial charge < -0.3 is 10.4 Å². The Kier molecular flexibility index (Phi) is 3.53. The van der Waals surface area contributed by atoms with Crippen LogP contribution in [0.25, 0.3) is 0 Å². The van der Waals surface area contributed by atoms with Crippen molar-refractivity contribution >= 4 is 0 Å². The molecule has 0 unspecified atom stereocenters. The van der Waals surface area contributed by atoms with Crippen molar-refractivity contribution in [2.75, 3.05) is 7.05 Å². The zero-order valence-corrected chi connectivity index (χ0v) is 9.39. The number of rotatable bonds is 3. The van der Waals surface area contributed by atoms with Crippen LogP contribution in [0, 0.1) is 13.8 Å². The van der Waals surface area contributed by atoms with Crippen molar-refractivity contribution in [3.8, 4) is 5.75 Å². The van der Waals surface area contributed by atoms with Gasteiger partial charge in [-0.25, -0.2) is 0 Å². The fourth-order valence-electron chi connectivity index (χ4n) is 1.70. The number of aryl methyl sites for hydroxylation is 2. The van der Waals surface area contributed by atoms with Gasteiger partial charge in [-0.2, -0.15) is 0 Å². The number of phenols is 1. The van der Waals surface area contributed by atoms with Crippen LogP contribution in [0.1, 0.15) is 23.6 Å². The highest BCUT2D eigenvalue weighted by Gasteiger charge is 2.07. The van der Waals surface area contributed by atoms with Crippen LogP contribution in [0.4, 0.5) is 0 Å². The quantitative estimate of drug-likeness (QED) is 0.771. The van der Waals surface area contributed by atoms with Crippen LogP contribution in [0.2, 0.25) is 0 Å². The minimum atomic E-state index is 0.362. The van der Waals surface area contributed by atoms with E-state index < -0.39 is 0 Å². The molecule has 14 heavy (non-hydrogen) atoms. The van der Waals surface area contributed by atoms with Crippen LogP contribution in [-0.2, 0) is 6.42 Å². The molecule has 2 heteroatoms. The third-order valence-corrected chi connectivity index (χ3v) is 2.68. The number of aromatic hydroxyl groups is 1. The van der Waals surface area contributed by atoms with Crippen molar-refractivity contribution in [3.05, 3.63) is 28.8 Å². The number of benzene rings is 1. The molecule has 1 rings (SSSR count). The Bertz CT molecular complexity index is 297. The molecule has 1 aromatic rings. The number of likely N-dealkylation sites (N-methyl/N-ethyl adjacent to an activating group) is 1. The van der Waals surface area contributed by atoms with E-state index in [1.54, 1.807) is 0 Å². The number of phenolic OH excluding ortho intramolecular Hbond substituents is 1. The Hall–Kier alpha value is -1.02. The van der Waals surface area contributed by atoms with Crippen molar-refractivity contribution in [1.29, 1.82) is 0 Å². The molecule has 0 radical (unpaired) electrons. The lowest BCUT2D eigenvalue weighted by molar-refractivity contribution is 0.473. The van der Waals surface area contributed by atoms with Gasteiger partial charge in [0.1, 0.15) is 5.75 Å². The van der Waals surface area contributed by atoms with E-state index in [2.05, 4.69) is 12.2 Å². The van der Waals surface area contributed by atoms with Gasteiger partial charge in [0.25, 0.3) is 0 Å². The lowest BCUT2D eigenvalue weighted by Gasteiger charge is -2.15. The highest BCUT2D eigenvalue weighted by Crippen LogP contribution is 2.21. The number of hydrogen-bond donors (Lipinski definition) is 2. The molecular formula is C12H19NO. The molecule has 0 aliphatic heterocycles. The summed E-state index contributed by atoms with van der Waals surface area (Å²) in [5, 5.41) is 12.6. The van der Waals surface area contributed by atoms with Crippen molar-refractivity contribution in [2.45, 2.75) is 33.2 Å². The van der Waals surface area contributed by atoms with E-state index in [4.69, 9.17) is 0 Å². The Morgan fingerprint density at radius 2 is 1.79 bits per heavy atom. The van der Waals surface area contributed by atoms with Crippen LogP contribution in [-0.4, -0.2) is 18.2 Å². The van der Waals surface area contributed by atoms with Gasteiger partial charge in [0, 0.05) is 6.04 Å². The molecular weight excluding hydrogens is 174 g/mol. The number of hydrogen-bond acceptors (Lipinski definition) is 2. The first-order chi connectivity index (χ1) is 6.54. The summed E-state index contributed by atoms with van der Waals surface area (Å²) in [7, 11) is 1.97. The first-order valence-corrected chi connectivity index (χ1v) is 5.01. The van der Waals surface area contributed by atoms with E-state index in [-0.39, 0.29) is 0 Å². The molecule has 1 atom stereocenters. The van der Waals surface area contributed by atoms with Crippen molar-refractivity contribution in [2.24, 2.45) is 0 Å². The molecule has 0 saturated heterocycles. The lowest BCUT2D eigenvalue weighted by Crippen LogP contribution is -2.24. The lowest BCUT2D eigenvalue weighted by atomic mass is 9.96. The molecule has 0 aliphatic rings. The molecule has 0 aromatic heterocycles. The van der Waals surface area contributed by atoms with E-state index in [1.165, 1.54) is 16.7 Å². The topological polar surface area (TPSA) is 32.3 Å². The third kappa shape index (κ3) is 2.48. The fraction of sp³-hybridized carbons (Fsp3) is 0.500. The van der Waals surface area contributed by atoms with Crippen LogP contribution in [0.3, 0.4) is 0 Å². The second kappa shape index (κ2) is 4.47. The summed E-state index contributed by atoms with van der Waals surface area (Å²) in [6.45, 7) is 6.25. The monoisotopic (exact) mass is 193 g/mol. The molecule has 0 fully saturated rings. The van der Waals surface area contributed by atoms with Crippen LogP contribution in [0.5, 0.6) is 5.75 Å². The van der Waals surface area contributed by atoms with E-state index in [0.717, 1.165) is 6.42 Å². The summed E-state index contributed by atoms with van der Waals surface area (Å²) in [5.41, 5.74) is 3.68. The van der Waals surface area contributed by atoms with Gasteiger partial charge in [0.05, 0.1) is 0 Å². The predicted molar refractivity (Wildman–Crippen MR) is 59.8 cm³/mol. The smallest absolute Gasteiger partial charge is 0.116 e. The summed E-state index contributed by atoms with van der Waals surface area (Å²) in [4.78, 5) is 0. The third-order valence-electron chi connectivity index (χ3n) is 2.68. The molecule has 1 aromatic carbocycles. The fourth-order valence-corrected chi connectivity index (χ4v) is 1.70. The molecule has 0 spiro atoms. The van der Waals surface area contributed by atoms with Gasteiger partial charge in [-0.15, -0.1) is 0 Å². The van der Waals surface area contributed by atoms with Crippen molar-refractivity contribution < 1.29 is 5.11 Å². The Morgan fingerprint density at radius 1 is 1.29 bits per heavy atom. The highest BCUT2D eigenvalue weighted by molar-refractivity contribution is 5.40. The van der Waals surface area contributed by atoms with Gasteiger partial charge in [-0.1, -0.05) is 0 Å². The zero-order valence-electron chi connectivity index (χ0n) is 9.39. The first-order valence-electron chi connectivity index (χ1n) is 5.01. The van der Waals surface area contributed by atoms with Gasteiger partial charge in [0.2, 0.25) is 0 Å². The van der Waals surface area contributed by atoms with E-state index in [0.29, 0.717) is 11.8 Å². The Morgan fingerprint density at radius 3 is 2.21 bits per heavy atom. The molecule has 2 N–H and O–H groups in total. The summed E-state index contributed by atoms with van der Waals surface area (Å²) in [6.07, 6.45) is 1.01. The Labute approximate surface area is 86.0 Å². The Balaban J connectivity index is 2.96. The minimum Gasteiger partial charge on any atom is -0.508 e. The molecule has 0 amide bonds. The summed E-state index contributed by atoms with van der Waals surface area (Å²) in [5.74, 6) is 0.362. The summed E-state index contributed by atoms with van der Waals surface area (Å²) < 4.78 is 0. The average molecular weight is 193 g/mol. The van der Waals surface area contributed by atoms with Gasteiger partial charge in [-0.3, -0.25) is 0 Å². The minimum absolute atomic E-state index is 0.362. The molecule has 0 bridgehead atoms. The maximum absolute atomic E-state index is 9.39. The summed E-state index contributed by atoms with van der Waals surface area (Å²) in [6, 6.07) is 4.12. The van der Waals surface area contributed by atoms with Crippen LogP contribution in [0.15, 0.2) is 12.1 Å². The molecule has 78 valence electrons. The van der Waals surface area contributed by atoms with Crippen molar-refractivity contribution in [3.63, 3.8) is 0 Å². The van der Waals surface area contributed by atoms with E-state index in [1.807, 2.05) is 33.0 Å². The van der Waals surface area contributed by atoms with E-state index >= 15 is 0 Å². The maximum atomic E-state index is 9.39. The second-order valence-corrected chi connectivity index (χ2v) is 3.95. The summed E-state index contributed by atoms with van der Waals surface area (Å²) >= 11 is 0. The van der Waals surface area contributed by atoms with Gasteiger partial charge in [-0.05, 0) is 63.1 Å². The van der Waals surface area contributed by atoms with E-state index in [9.17, 15) is 5.11 Å². The van der Waals surface area contributed by atoms with Crippen LogP contribution < -0.4 is 5.32 Å². The number of nitrogens with one attached hydrogen (secondary N) is 1. The first kappa shape index (κ1) is 11.1. The van der Waals surface area contributed by atoms with Gasteiger partial charge in [0.15, 0.2) is 0 Å². The SMILES string of the molecule is CN[C@H](C)Cc1c(C)cc(O)cc1C.